The summed E-state index contributed by atoms with van der Waals surface area (Å²) in [5, 5.41) is 0. The van der Waals surface area contributed by atoms with Crippen LogP contribution < -0.4 is 4.72 Å². The van der Waals surface area contributed by atoms with Gasteiger partial charge in [0.05, 0.1) is 11.4 Å². The molecule has 0 aliphatic heterocycles. The summed E-state index contributed by atoms with van der Waals surface area (Å²) in [7, 11) is -4.05. The minimum absolute atomic E-state index is 0.0333. The average molecular weight is 405 g/mol. The van der Waals surface area contributed by atoms with Gasteiger partial charge in [0.2, 0.25) is 10.0 Å². The Hall–Kier alpha value is -3.42. The van der Waals surface area contributed by atoms with Gasteiger partial charge in [-0.15, -0.1) is 0 Å². The Bertz CT molecular complexity index is 1260. The van der Waals surface area contributed by atoms with E-state index < -0.39 is 22.4 Å². The molecule has 0 atom stereocenters. The van der Waals surface area contributed by atoms with Gasteiger partial charge in [-0.3, -0.25) is 14.4 Å². The molecule has 6 nitrogen and oxygen atoms in total. The molecule has 0 aromatic heterocycles. The van der Waals surface area contributed by atoms with Crippen LogP contribution in [-0.2, 0) is 10.0 Å². The Balaban J connectivity index is 1.62. The fourth-order valence-electron chi connectivity index (χ4n) is 3.22. The molecule has 1 N–H and O–H groups in total. The molecular weight excluding hydrogens is 390 g/mol. The molecule has 0 unspecified atom stereocenters. The molecule has 3 aromatic carbocycles. The van der Waals surface area contributed by atoms with Crippen molar-refractivity contribution in [3.8, 4) is 0 Å². The average Bonchev–Trinajstić information content (AvgIpc) is 2.76. The molecule has 0 fully saturated rings. The first-order valence-corrected chi connectivity index (χ1v) is 10.3. The lowest BCUT2D eigenvalue weighted by Gasteiger charge is -2.18. The zero-order valence-corrected chi connectivity index (χ0v) is 15.9. The molecule has 0 spiro atoms. The van der Waals surface area contributed by atoms with Gasteiger partial charge in [-0.1, -0.05) is 54.6 Å². The lowest BCUT2D eigenvalue weighted by Crippen LogP contribution is -2.30. The van der Waals surface area contributed by atoms with Gasteiger partial charge in [0.25, 0.3) is 0 Å². The van der Waals surface area contributed by atoms with Gasteiger partial charge in [-0.2, -0.15) is 0 Å². The van der Waals surface area contributed by atoms with Crippen LogP contribution in [0.4, 0.5) is 0 Å². The highest BCUT2D eigenvalue weighted by molar-refractivity contribution is 7.89. The van der Waals surface area contributed by atoms with Crippen LogP contribution in [0.15, 0.2) is 77.7 Å². The van der Waals surface area contributed by atoms with E-state index in [2.05, 4.69) is 4.72 Å². The van der Waals surface area contributed by atoms with Crippen LogP contribution in [0.3, 0.4) is 0 Å². The molecular formula is C22H15NO5S. The lowest BCUT2D eigenvalue weighted by atomic mass is 9.84. The summed E-state index contributed by atoms with van der Waals surface area (Å²) in [6, 6.07) is 18.5. The summed E-state index contributed by atoms with van der Waals surface area (Å²) in [4.78, 5) is 37.4. The number of ketones is 3. The second kappa shape index (κ2) is 7.20. The van der Waals surface area contributed by atoms with E-state index >= 15 is 0 Å². The lowest BCUT2D eigenvalue weighted by molar-refractivity contribution is 0.0979. The quantitative estimate of drug-likeness (QED) is 0.515. The van der Waals surface area contributed by atoms with Crippen LogP contribution in [0.2, 0.25) is 0 Å². The van der Waals surface area contributed by atoms with Crippen LogP contribution in [-0.4, -0.2) is 32.3 Å². The molecule has 7 heteroatoms. The minimum Gasteiger partial charge on any atom is -0.293 e. The third-order valence-electron chi connectivity index (χ3n) is 4.73. The molecule has 0 heterocycles. The Labute approximate surface area is 167 Å². The molecule has 144 valence electrons. The Kier molecular flexibility index (Phi) is 4.70. The van der Waals surface area contributed by atoms with Gasteiger partial charge < -0.3 is 0 Å². The molecule has 0 saturated heterocycles. The molecule has 3 aromatic rings. The number of hydrogen-bond acceptors (Lipinski definition) is 5. The van der Waals surface area contributed by atoms with Crippen LogP contribution in [0.25, 0.3) is 0 Å². The summed E-state index contributed by atoms with van der Waals surface area (Å²) in [6.45, 7) is -0.418. The van der Waals surface area contributed by atoms with Crippen molar-refractivity contribution >= 4 is 27.4 Å². The Morgan fingerprint density at radius 3 is 1.93 bits per heavy atom. The van der Waals surface area contributed by atoms with Crippen molar-refractivity contribution in [3.05, 3.63) is 101 Å². The molecule has 1 aliphatic rings. The SMILES string of the molecule is O=C(CNS(=O)(=O)c1ccc2c(c1)C(=O)c1ccccc1C2=O)c1ccccc1. The van der Waals surface area contributed by atoms with Crippen molar-refractivity contribution in [2.45, 2.75) is 4.90 Å². The molecule has 0 amide bonds. The van der Waals surface area contributed by atoms with Crippen molar-refractivity contribution in [1.29, 1.82) is 0 Å². The fourth-order valence-corrected chi connectivity index (χ4v) is 4.22. The number of benzene rings is 3. The predicted molar refractivity (Wildman–Crippen MR) is 106 cm³/mol. The smallest absolute Gasteiger partial charge is 0.241 e. The van der Waals surface area contributed by atoms with Crippen molar-refractivity contribution in [2.75, 3.05) is 6.54 Å². The van der Waals surface area contributed by atoms with Gasteiger partial charge in [-0.25, -0.2) is 13.1 Å². The van der Waals surface area contributed by atoms with Crippen molar-refractivity contribution < 1.29 is 22.8 Å². The Morgan fingerprint density at radius 2 is 1.28 bits per heavy atom. The van der Waals surface area contributed by atoms with E-state index in [1.807, 2.05) is 0 Å². The van der Waals surface area contributed by atoms with E-state index in [1.165, 1.54) is 24.3 Å². The van der Waals surface area contributed by atoms with Gasteiger partial charge in [0.15, 0.2) is 17.3 Å². The highest BCUT2D eigenvalue weighted by Crippen LogP contribution is 2.28. The van der Waals surface area contributed by atoms with E-state index in [4.69, 9.17) is 0 Å². The first-order valence-electron chi connectivity index (χ1n) is 8.79. The standard InChI is InChI=1S/C22H15NO5S/c24-20(14-6-2-1-3-7-14)13-23-29(27,28)15-10-11-18-19(12-15)22(26)17-9-5-4-8-16(17)21(18)25/h1-12,23H,13H2. The molecule has 4 rings (SSSR count). The van der Waals surface area contributed by atoms with Crippen LogP contribution in [0.1, 0.15) is 42.2 Å². The minimum atomic E-state index is -4.05. The normalized spacial score (nSPS) is 13.0. The number of rotatable bonds is 5. The highest BCUT2D eigenvalue weighted by Gasteiger charge is 2.30. The fraction of sp³-hybridized carbons (Fsp3) is 0.0455. The van der Waals surface area contributed by atoms with E-state index in [0.29, 0.717) is 11.1 Å². The number of nitrogens with one attached hydrogen (secondary N) is 1. The second-order valence-electron chi connectivity index (χ2n) is 6.52. The summed E-state index contributed by atoms with van der Waals surface area (Å²) in [5.41, 5.74) is 1.12. The number of sulfonamides is 1. The van der Waals surface area contributed by atoms with Gasteiger partial charge in [0.1, 0.15) is 0 Å². The molecule has 0 radical (unpaired) electrons. The largest absolute Gasteiger partial charge is 0.293 e. The maximum absolute atomic E-state index is 12.8. The van der Waals surface area contributed by atoms with E-state index in [1.54, 1.807) is 48.5 Å². The second-order valence-corrected chi connectivity index (χ2v) is 8.29. The van der Waals surface area contributed by atoms with E-state index in [-0.39, 0.29) is 33.2 Å². The van der Waals surface area contributed by atoms with Crippen LogP contribution >= 0.6 is 0 Å². The zero-order valence-electron chi connectivity index (χ0n) is 15.1. The number of fused-ring (bicyclic) bond motifs is 2. The van der Waals surface area contributed by atoms with Gasteiger partial charge in [-0.05, 0) is 18.2 Å². The molecule has 1 aliphatic carbocycles. The third-order valence-corrected chi connectivity index (χ3v) is 6.12. The summed E-state index contributed by atoms with van der Waals surface area (Å²) in [6.07, 6.45) is 0. The number of carbonyl (C=O) groups excluding carboxylic acids is 3. The maximum atomic E-state index is 12.8. The summed E-state index contributed by atoms with van der Waals surface area (Å²) in [5.74, 6) is -1.12. The molecule has 0 saturated carbocycles. The van der Waals surface area contributed by atoms with Crippen molar-refractivity contribution in [2.24, 2.45) is 0 Å². The number of carbonyl (C=O) groups is 3. The van der Waals surface area contributed by atoms with Gasteiger partial charge >= 0.3 is 0 Å². The maximum Gasteiger partial charge on any atom is 0.241 e. The topological polar surface area (TPSA) is 97.4 Å². The number of hydrogen-bond donors (Lipinski definition) is 1. The van der Waals surface area contributed by atoms with Crippen molar-refractivity contribution in [3.63, 3.8) is 0 Å². The third kappa shape index (κ3) is 3.41. The Morgan fingerprint density at radius 1 is 0.724 bits per heavy atom. The first-order chi connectivity index (χ1) is 13.9. The van der Waals surface area contributed by atoms with Gasteiger partial charge in [0, 0.05) is 27.8 Å². The monoisotopic (exact) mass is 405 g/mol. The van der Waals surface area contributed by atoms with Crippen LogP contribution in [0, 0.1) is 0 Å². The molecule has 0 bridgehead atoms. The zero-order chi connectivity index (χ0) is 20.6. The predicted octanol–water partition coefficient (Wildman–Crippen LogP) is 2.62. The van der Waals surface area contributed by atoms with E-state index in [0.717, 1.165) is 0 Å². The van der Waals surface area contributed by atoms with Crippen LogP contribution in [0.5, 0.6) is 0 Å². The first kappa shape index (κ1) is 18.9. The summed E-state index contributed by atoms with van der Waals surface area (Å²) < 4.78 is 27.5. The summed E-state index contributed by atoms with van der Waals surface area (Å²) >= 11 is 0. The highest BCUT2D eigenvalue weighted by atomic mass is 32.2. The number of Topliss-reactive ketones (excluding diaryl/α,β-unsaturated/α-hetero) is 1. The van der Waals surface area contributed by atoms with E-state index in [9.17, 15) is 22.8 Å². The van der Waals surface area contributed by atoms with Crippen molar-refractivity contribution in [1.82, 2.24) is 4.72 Å². The molecule has 29 heavy (non-hydrogen) atoms.